The molecule has 9 rings (SSSR count). The molecule has 2 aliphatic rings. The Morgan fingerprint density at radius 1 is 0.810 bits per heavy atom. The van der Waals surface area contributed by atoms with Crippen LogP contribution < -0.4 is 30.5 Å². The number of carbonyl (C=O) groups is 2. The maximum absolute atomic E-state index is 14.3. The topological polar surface area (TPSA) is 115 Å². The van der Waals surface area contributed by atoms with Crippen molar-refractivity contribution in [2.75, 3.05) is 13.4 Å². The number of benzene rings is 5. The lowest BCUT2D eigenvalue weighted by Gasteiger charge is -2.43. The molecule has 320 valence electrons. The molecule has 7 aromatic rings. The van der Waals surface area contributed by atoms with Crippen molar-refractivity contribution in [1.82, 2.24) is 20.5 Å². The van der Waals surface area contributed by atoms with Gasteiger partial charge in [-0.05, 0) is 83.2 Å². The number of nitrogens with one attached hydrogen (secondary N) is 2. The average molecular weight is 857 g/mol. The van der Waals surface area contributed by atoms with Crippen LogP contribution in [0.25, 0.3) is 33.6 Å². The maximum atomic E-state index is 14.3. The molecule has 0 radical (unpaired) electrons. The zero-order chi connectivity index (χ0) is 43.7. The lowest BCUT2D eigenvalue weighted by atomic mass is 9.94. The highest BCUT2D eigenvalue weighted by Crippen LogP contribution is 2.44. The smallest absolute Gasteiger partial charge is 0.318 e. The Morgan fingerprint density at radius 3 is 2.22 bits per heavy atom. The number of hydrogen-bond acceptors (Lipinski definition) is 7. The van der Waals surface area contributed by atoms with Gasteiger partial charge in [0.2, 0.25) is 6.79 Å². The lowest BCUT2D eigenvalue weighted by molar-refractivity contribution is 0.0945. The highest BCUT2D eigenvalue weighted by Gasteiger charge is 2.50. The molecule has 2 N–H and O–H groups in total. The summed E-state index contributed by atoms with van der Waals surface area (Å²) < 4.78 is 24.8. The average Bonchev–Trinajstić information content (AvgIpc) is 4.04. The Bertz CT molecular complexity index is 2710. The number of aromatic nitrogens is 1. The molecule has 10 nitrogen and oxygen atoms in total. The van der Waals surface area contributed by atoms with Crippen molar-refractivity contribution >= 4 is 41.6 Å². The fraction of sp³-hybridized carbons (Fsp3) is 0.250. The summed E-state index contributed by atoms with van der Waals surface area (Å²) in [5, 5.41) is 9.37. The van der Waals surface area contributed by atoms with Crippen molar-refractivity contribution in [3.63, 3.8) is 0 Å². The second kappa shape index (κ2) is 17.2. The van der Waals surface area contributed by atoms with Gasteiger partial charge in [0.1, 0.15) is 17.0 Å². The van der Waals surface area contributed by atoms with Crippen LogP contribution in [-0.2, 0) is 17.5 Å². The standard InChI is InChI=1S/C52H52N4O6Si/c1-34(2)54-51(58)56-32-39-29-42(50(57)53-31-35-23-24-45-47(27-35)60-33-59-45)55-49(38-17-14-16-36(28-38)46-30-37-15-12-13-22-44(37)62-46)48(39)43(56)25-26-61-63(52(3,4)5,40-18-8-6-9-19-40)41-20-10-7-11-21-41/h6-24,27-30,34,43H,25-26,31-33H2,1-5H3,(H,53,57)(H,54,58). The van der Waals surface area contributed by atoms with Crippen molar-refractivity contribution in [3.8, 4) is 34.1 Å². The minimum Gasteiger partial charge on any atom is -0.456 e. The fourth-order valence-electron chi connectivity index (χ4n) is 9.09. The van der Waals surface area contributed by atoms with Crippen LogP contribution in [0.15, 0.2) is 144 Å². The number of furan rings is 1. The molecule has 0 spiro atoms. The Balaban J connectivity index is 1.12. The molecule has 3 amide bonds. The van der Waals surface area contributed by atoms with Gasteiger partial charge in [0.05, 0.1) is 11.7 Å². The number of para-hydroxylation sites is 1. The van der Waals surface area contributed by atoms with Gasteiger partial charge in [0.25, 0.3) is 14.2 Å². The van der Waals surface area contributed by atoms with Crippen molar-refractivity contribution in [1.29, 1.82) is 0 Å². The number of hydrogen-bond donors (Lipinski definition) is 2. The van der Waals surface area contributed by atoms with E-state index in [0.717, 1.165) is 44.5 Å². The number of ether oxygens (including phenoxy) is 2. The van der Waals surface area contributed by atoms with E-state index in [2.05, 4.69) is 86.0 Å². The molecule has 0 saturated heterocycles. The van der Waals surface area contributed by atoms with Gasteiger partial charge in [0.15, 0.2) is 11.5 Å². The summed E-state index contributed by atoms with van der Waals surface area (Å²) in [6, 6.07) is 46.0. The molecule has 0 saturated carbocycles. The van der Waals surface area contributed by atoms with Crippen LogP contribution in [0, 0.1) is 0 Å². The summed E-state index contributed by atoms with van der Waals surface area (Å²) in [6.45, 7) is 11.8. The van der Waals surface area contributed by atoms with Crippen LogP contribution in [0.2, 0.25) is 5.04 Å². The number of carbonyl (C=O) groups excluding carboxylic acids is 2. The van der Waals surface area contributed by atoms with E-state index in [9.17, 15) is 9.59 Å². The maximum Gasteiger partial charge on any atom is 0.318 e. The van der Waals surface area contributed by atoms with E-state index in [1.54, 1.807) is 0 Å². The Morgan fingerprint density at radius 2 is 1.51 bits per heavy atom. The highest BCUT2D eigenvalue weighted by atomic mass is 28.4. The van der Waals surface area contributed by atoms with Crippen molar-refractivity contribution in [3.05, 3.63) is 162 Å². The van der Waals surface area contributed by atoms with Crippen molar-refractivity contribution < 1.29 is 27.9 Å². The van der Waals surface area contributed by atoms with Gasteiger partial charge in [-0.1, -0.05) is 124 Å². The van der Waals surface area contributed by atoms with Crippen LogP contribution in [0.5, 0.6) is 11.5 Å². The van der Waals surface area contributed by atoms with Crippen LogP contribution in [-0.4, -0.2) is 49.6 Å². The van der Waals surface area contributed by atoms with E-state index < -0.39 is 14.4 Å². The summed E-state index contributed by atoms with van der Waals surface area (Å²) in [5.41, 5.74) is 5.98. The third-order valence-corrected chi connectivity index (χ3v) is 17.0. The molecule has 5 aromatic carbocycles. The third-order valence-electron chi connectivity index (χ3n) is 12.0. The summed E-state index contributed by atoms with van der Waals surface area (Å²) in [7, 11) is -2.90. The molecule has 2 aliphatic heterocycles. The van der Waals surface area contributed by atoms with Crippen LogP contribution in [0.4, 0.5) is 4.79 Å². The van der Waals surface area contributed by atoms with Gasteiger partial charge < -0.3 is 33.9 Å². The van der Waals surface area contributed by atoms with E-state index >= 15 is 0 Å². The highest BCUT2D eigenvalue weighted by molar-refractivity contribution is 6.99. The molecular weight excluding hydrogens is 805 g/mol. The first-order valence-corrected chi connectivity index (χ1v) is 23.5. The van der Waals surface area contributed by atoms with Crippen molar-refractivity contribution in [2.45, 2.75) is 71.3 Å². The molecule has 0 bridgehead atoms. The fourth-order valence-corrected chi connectivity index (χ4v) is 13.7. The molecule has 1 unspecified atom stereocenters. The SMILES string of the molecule is CC(C)NC(=O)N1Cc2cc(C(=O)NCc3ccc4c(c3)OCO4)nc(-c3cccc(-c4cc5ccccc5o4)c3)c2C1CCO[Si](c1ccccc1)(c1ccccc1)C(C)(C)C. The van der Waals surface area contributed by atoms with Gasteiger partial charge in [-0.2, -0.15) is 0 Å². The van der Waals surface area contributed by atoms with Crippen molar-refractivity contribution in [2.24, 2.45) is 0 Å². The van der Waals surface area contributed by atoms with E-state index in [0.29, 0.717) is 36.8 Å². The monoisotopic (exact) mass is 856 g/mol. The Kier molecular flexibility index (Phi) is 11.4. The number of nitrogens with zero attached hydrogens (tertiary/aromatic N) is 2. The zero-order valence-electron chi connectivity index (χ0n) is 36.3. The quantitative estimate of drug-likeness (QED) is 0.118. The molecule has 0 fully saturated rings. The van der Waals surface area contributed by atoms with Crippen LogP contribution in [0.1, 0.15) is 74.3 Å². The molecule has 2 aromatic heterocycles. The van der Waals surface area contributed by atoms with E-state index in [1.165, 1.54) is 10.4 Å². The number of fused-ring (bicyclic) bond motifs is 3. The molecule has 0 aliphatic carbocycles. The first-order chi connectivity index (χ1) is 30.5. The summed E-state index contributed by atoms with van der Waals surface area (Å²) in [6.07, 6.45) is 0.497. The molecule has 1 atom stereocenters. The number of urea groups is 1. The molecule has 63 heavy (non-hydrogen) atoms. The Hall–Kier alpha value is -6.69. The van der Waals surface area contributed by atoms with Gasteiger partial charge in [-0.15, -0.1) is 0 Å². The number of amides is 3. The summed E-state index contributed by atoms with van der Waals surface area (Å²) >= 11 is 0. The van der Waals surface area contributed by atoms with E-state index in [4.69, 9.17) is 23.3 Å². The normalized spacial score (nSPS) is 14.6. The summed E-state index contributed by atoms with van der Waals surface area (Å²) in [4.78, 5) is 35.5. The molecule has 11 heteroatoms. The minimum absolute atomic E-state index is 0.0918. The number of rotatable bonds is 12. The second-order valence-corrected chi connectivity index (χ2v) is 21.9. The predicted molar refractivity (Wildman–Crippen MR) is 249 cm³/mol. The zero-order valence-corrected chi connectivity index (χ0v) is 37.3. The lowest BCUT2D eigenvalue weighted by Crippen LogP contribution is -2.66. The van der Waals surface area contributed by atoms with E-state index in [1.807, 2.05) is 104 Å². The molecule has 4 heterocycles. The Labute approximate surface area is 369 Å². The first kappa shape index (κ1) is 41.6. The second-order valence-electron chi connectivity index (χ2n) is 17.6. The van der Waals surface area contributed by atoms with Gasteiger partial charge >= 0.3 is 6.03 Å². The third kappa shape index (κ3) is 8.22. The summed E-state index contributed by atoms with van der Waals surface area (Å²) in [5.74, 6) is 1.72. The van der Waals surface area contributed by atoms with Crippen LogP contribution >= 0.6 is 0 Å². The minimum atomic E-state index is -2.90. The predicted octanol–water partition coefficient (Wildman–Crippen LogP) is 9.76. The number of pyridine rings is 1. The largest absolute Gasteiger partial charge is 0.456 e. The molecular formula is C52H52N4O6Si. The first-order valence-electron chi connectivity index (χ1n) is 21.6. The van der Waals surface area contributed by atoms with Crippen LogP contribution in [0.3, 0.4) is 0 Å². The van der Waals surface area contributed by atoms with E-state index in [-0.39, 0.29) is 42.1 Å². The van der Waals surface area contributed by atoms with Gasteiger partial charge in [0, 0.05) is 47.8 Å². The van der Waals surface area contributed by atoms with Gasteiger partial charge in [-0.3, -0.25) is 4.79 Å². The van der Waals surface area contributed by atoms with Gasteiger partial charge in [-0.25, -0.2) is 9.78 Å².